The van der Waals surface area contributed by atoms with E-state index in [0.29, 0.717) is 18.5 Å². The first-order chi connectivity index (χ1) is 13.7. The number of piperidine rings is 1. The van der Waals surface area contributed by atoms with Gasteiger partial charge in [-0.25, -0.2) is 17.1 Å². The number of anilines is 1. The Balaban J connectivity index is 1.60. The molecule has 1 amide bonds. The molecule has 1 N–H and O–H groups in total. The van der Waals surface area contributed by atoms with Crippen LogP contribution in [0, 0.1) is 18.7 Å². The van der Waals surface area contributed by atoms with Crippen LogP contribution in [-0.2, 0) is 20.6 Å². The highest BCUT2D eigenvalue weighted by Gasteiger charge is 2.32. The number of sulfonamides is 1. The molecule has 0 atom stereocenters. The maximum absolute atomic E-state index is 14.0. The van der Waals surface area contributed by atoms with Crippen molar-refractivity contribution < 1.29 is 17.6 Å². The highest BCUT2D eigenvalue weighted by atomic mass is 79.9. The first kappa shape index (κ1) is 22.2. The van der Waals surface area contributed by atoms with Crippen molar-refractivity contribution in [2.75, 3.05) is 18.4 Å². The van der Waals surface area contributed by atoms with Crippen molar-refractivity contribution in [1.29, 1.82) is 0 Å². The van der Waals surface area contributed by atoms with Crippen molar-refractivity contribution in [1.82, 2.24) is 4.31 Å². The summed E-state index contributed by atoms with van der Waals surface area (Å²) in [6.07, 6.45) is 0.817. The van der Waals surface area contributed by atoms with Crippen LogP contribution in [0.4, 0.5) is 10.1 Å². The summed E-state index contributed by atoms with van der Waals surface area (Å²) < 4.78 is 41.6. The lowest BCUT2D eigenvalue weighted by molar-refractivity contribution is -0.120. The summed E-state index contributed by atoms with van der Waals surface area (Å²) >= 11 is 9.38. The molecule has 0 radical (unpaired) electrons. The Labute approximate surface area is 183 Å². The first-order valence-electron chi connectivity index (χ1n) is 9.15. The SMILES string of the molecule is Cc1cc(NC(=O)C2CCN(S(=O)(=O)Cc3c(F)cccc3Cl)CC2)ccc1Br. The smallest absolute Gasteiger partial charge is 0.227 e. The summed E-state index contributed by atoms with van der Waals surface area (Å²) in [5, 5.41) is 2.98. The lowest BCUT2D eigenvalue weighted by atomic mass is 9.97. The second kappa shape index (κ2) is 9.12. The number of rotatable bonds is 5. The molecule has 0 spiro atoms. The number of nitrogens with one attached hydrogen (secondary N) is 1. The molecule has 1 heterocycles. The minimum absolute atomic E-state index is 0.0281. The van der Waals surface area contributed by atoms with Gasteiger partial charge in [-0.15, -0.1) is 0 Å². The fourth-order valence-electron chi connectivity index (χ4n) is 3.31. The van der Waals surface area contributed by atoms with E-state index in [1.54, 1.807) is 0 Å². The molecule has 0 aliphatic carbocycles. The third-order valence-corrected chi connectivity index (χ3v) is 8.08. The molecule has 5 nitrogen and oxygen atoms in total. The molecule has 9 heteroatoms. The average Bonchev–Trinajstić information content (AvgIpc) is 2.68. The molecule has 1 saturated heterocycles. The van der Waals surface area contributed by atoms with Crippen molar-refractivity contribution in [3.05, 3.63) is 62.8 Å². The molecular formula is C20H21BrClFN2O3S. The van der Waals surface area contributed by atoms with E-state index in [9.17, 15) is 17.6 Å². The predicted molar refractivity (Wildman–Crippen MR) is 116 cm³/mol. The Kier molecular flexibility index (Phi) is 6.98. The molecule has 1 aliphatic rings. The van der Waals surface area contributed by atoms with Crippen LogP contribution >= 0.6 is 27.5 Å². The van der Waals surface area contributed by atoms with E-state index in [-0.39, 0.29) is 35.5 Å². The molecular weight excluding hydrogens is 483 g/mol. The van der Waals surface area contributed by atoms with Crippen molar-refractivity contribution in [2.24, 2.45) is 5.92 Å². The molecule has 1 aliphatic heterocycles. The van der Waals surface area contributed by atoms with Gasteiger partial charge < -0.3 is 5.32 Å². The number of nitrogens with zero attached hydrogens (tertiary/aromatic N) is 1. The molecule has 2 aromatic carbocycles. The minimum Gasteiger partial charge on any atom is -0.326 e. The van der Waals surface area contributed by atoms with Gasteiger partial charge in [0.15, 0.2) is 0 Å². The fraction of sp³-hybridized carbons (Fsp3) is 0.350. The van der Waals surface area contributed by atoms with Gasteiger partial charge in [-0.05, 0) is 55.7 Å². The van der Waals surface area contributed by atoms with Gasteiger partial charge in [-0.2, -0.15) is 0 Å². The highest BCUT2D eigenvalue weighted by Crippen LogP contribution is 2.27. The molecule has 0 unspecified atom stereocenters. The number of halogens is 3. The van der Waals surface area contributed by atoms with Gasteiger partial charge in [0.25, 0.3) is 0 Å². The summed E-state index contributed by atoms with van der Waals surface area (Å²) in [7, 11) is -3.73. The largest absolute Gasteiger partial charge is 0.326 e. The molecule has 0 aromatic heterocycles. The van der Waals surface area contributed by atoms with Crippen LogP contribution in [-0.4, -0.2) is 31.7 Å². The number of hydrogen-bond donors (Lipinski definition) is 1. The van der Waals surface area contributed by atoms with Gasteiger partial charge in [-0.1, -0.05) is 33.6 Å². The standard InChI is InChI=1S/C20H21BrClFN2O3S/c1-13-11-15(5-6-17(13)21)24-20(26)14-7-9-25(10-8-14)29(27,28)12-16-18(22)3-2-4-19(16)23/h2-6,11,14H,7-10,12H2,1H3,(H,24,26). The third-order valence-electron chi connectivity index (χ3n) is 5.03. The topological polar surface area (TPSA) is 66.5 Å². The minimum atomic E-state index is -3.73. The fourth-order valence-corrected chi connectivity index (χ4v) is 5.47. The Morgan fingerprint density at radius 1 is 1.28 bits per heavy atom. The number of hydrogen-bond acceptors (Lipinski definition) is 3. The second-order valence-electron chi connectivity index (χ2n) is 7.08. The summed E-state index contributed by atoms with van der Waals surface area (Å²) in [5.74, 6) is -1.53. The van der Waals surface area contributed by atoms with E-state index < -0.39 is 21.6 Å². The van der Waals surface area contributed by atoms with Crippen LogP contribution in [0.15, 0.2) is 40.9 Å². The number of benzene rings is 2. The third kappa shape index (κ3) is 5.36. The van der Waals surface area contributed by atoms with Gasteiger partial charge in [0, 0.05) is 39.8 Å². The number of aryl methyl sites for hydroxylation is 1. The van der Waals surface area contributed by atoms with E-state index in [1.165, 1.54) is 22.5 Å². The molecule has 29 heavy (non-hydrogen) atoms. The second-order valence-corrected chi connectivity index (χ2v) is 10.3. The quantitative estimate of drug-likeness (QED) is 0.641. The van der Waals surface area contributed by atoms with E-state index in [1.807, 2.05) is 25.1 Å². The summed E-state index contributed by atoms with van der Waals surface area (Å²) in [6.45, 7) is 2.36. The Morgan fingerprint density at radius 2 is 1.97 bits per heavy atom. The zero-order valence-electron chi connectivity index (χ0n) is 15.8. The van der Waals surface area contributed by atoms with Gasteiger partial charge >= 0.3 is 0 Å². The van der Waals surface area contributed by atoms with E-state index in [2.05, 4.69) is 21.2 Å². The summed E-state index contributed by atoms with van der Waals surface area (Å²) in [6, 6.07) is 9.65. The van der Waals surface area contributed by atoms with Gasteiger partial charge in [-0.3, -0.25) is 4.79 Å². The van der Waals surface area contributed by atoms with Crippen molar-refractivity contribution in [3.63, 3.8) is 0 Å². The number of carbonyl (C=O) groups is 1. The van der Waals surface area contributed by atoms with Crippen LogP contribution in [0.25, 0.3) is 0 Å². The molecule has 0 bridgehead atoms. The van der Waals surface area contributed by atoms with Gasteiger partial charge in [0.1, 0.15) is 5.82 Å². The highest BCUT2D eigenvalue weighted by molar-refractivity contribution is 9.10. The van der Waals surface area contributed by atoms with Crippen LogP contribution in [0.5, 0.6) is 0 Å². The predicted octanol–water partition coefficient (Wildman–Crippen LogP) is 4.73. The van der Waals surface area contributed by atoms with Crippen molar-refractivity contribution >= 4 is 49.1 Å². The monoisotopic (exact) mass is 502 g/mol. The van der Waals surface area contributed by atoms with E-state index >= 15 is 0 Å². The normalized spacial score (nSPS) is 16.0. The zero-order chi connectivity index (χ0) is 21.2. The van der Waals surface area contributed by atoms with Crippen LogP contribution in [0.1, 0.15) is 24.0 Å². The van der Waals surface area contributed by atoms with Crippen LogP contribution < -0.4 is 5.32 Å². The van der Waals surface area contributed by atoms with Crippen molar-refractivity contribution in [3.8, 4) is 0 Å². The molecule has 0 saturated carbocycles. The summed E-state index contributed by atoms with van der Waals surface area (Å²) in [5.41, 5.74) is 1.69. The maximum atomic E-state index is 14.0. The van der Waals surface area contributed by atoms with E-state index in [0.717, 1.165) is 10.0 Å². The summed E-state index contributed by atoms with van der Waals surface area (Å²) in [4.78, 5) is 12.5. The van der Waals surface area contributed by atoms with Gasteiger partial charge in [0.2, 0.25) is 15.9 Å². The molecule has 156 valence electrons. The first-order valence-corrected chi connectivity index (χ1v) is 11.9. The number of amides is 1. The Hall–Kier alpha value is -1.48. The van der Waals surface area contributed by atoms with E-state index in [4.69, 9.17) is 11.6 Å². The lowest BCUT2D eigenvalue weighted by Crippen LogP contribution is -2.42. The van der Waals surface area contributed by atoms with Crippen LogP contribution in [0.3, 0.4) is 0 Å². The van der Waals surface area contributed by atoms with Gasteiger partial charge in [0.05, 0.1) is 5.75 Å². The zero-order valence-corrected chi connectivity index (χ0v) is 18.9. The average molecular weight is 504 g/mol. The molecule has 1 fully saturated rings. The maximum Gasteiger partial charge on any atom is 0.227 e. The van der Waals surface area contributed by atoms with Crippen LogP contribution in [0.2, 0.25) is 5.02 Å². The molecule has 2 aromatic rings. The Bertz CT molecular complexity index is 1000. The number of carbonyl (C=O) groups excluding carboxylic acids is 1. The lowest BCUT2D eigenvalue weighted by Gasteiger charge is -2.30. The van der Waals surface area contributed by atoms with Crippen molar-refractivity contribution in [2.45, 2.75) is 25.5 Å². The molecule has 3 rings (SSSR count). The Morgan fingerprint density at radius 3 is 2.59 bits per heavy atom.